The van der Waals surface area contributed by atoms with Crippen molar-refractivity contribution >= 4 is 16.9 Å². The smallest absolute Gasteiger partial charge is 0.314 e. The molecule has 5 heteroatoms. The third kappa shape index (κ3) is 4.35. The molecule has 0 saturated carbocycles. The number of aromatic nitrogens is 1. The first-order valence-electron chi connectivity index (χ1n) is 7.60. The first-order valence-corrected chi connectivity index (χ1v) is 7.60. The molecule has 0 bridgehead atoms. The number of pyridine rings is 1. The van der Waals surface area contributed by atoms with E-state index in [-0.39, 0.29) is 11.6 Å². The van der Waals surface area contributed by atoms with Crippen molar-refractivity contribution in [1.82, 2.24) is 15.6 Å². The van der Waals surface area contributed by atoms with Crippen LogP contribution in [0.1, 0.15) is 25.0 Å². The lowest BCUT2D eigenvalue weighted by Crippen LogP contribution is -2.38. The summed E-state index contributed by atoms with van der Waals surface area (Å²) in [5, 5.41) is 6.56. The van der Waals surface area contributed by atoms with E-state index in [1.54, 1.807) is 0 Å². The number of H-pyrrole nitrogens is 1. The molecule has 0 aliphatic rings. The summed E-state index contributed by atoms with van der Waals surface area (Å²) in [5.41, 5.74) is 2.54. The summed E-state index contributed by atoms with van der Waals surface area (Å²) in [4.78, 5) is 26.5. The molecule has 1 aromatic carbocycles. The minimum Gasteiger partial charge on any atom is -0.338 e. The molecule has 0 fully saturated rings. The van der Waals surface area contributed by atoms with Gasteiger partial charge in [0.25, 0.3) is 5.56 Å². The molecule has 0 spiro atoms. The van der Waals surface area contributed by atoms with Gasteiger partial charge in [-0.15, -0.1) is 0 Å². The number of amides is 2. The average molecular weight is 301 g/mol. The second-order valence-corrected chi connectivity index (χ2v) is 6.00. The van der Waals surface area contributed by atoms with E-state index < -0.39 is 0 Å². The molecule has 0 aliphatic heterocycles. The fourth-order valence-corrected chi connectivity index (χ4v) is 2.22. The molecular weight excluding hydrogens is 278 g/mol. The molecule has 22 heavy (non-hydrogen) atoms. The number of carbonyl (C=O) groups is 1. The molecule has 0 unspecified atom stereocenters. The van der Waals surface area contributed by atoms with Crippen molar-refractivity contribution in [3.05, 3.63) is 45.7 Å². The number of benzene rings is 1. The molecule has 0 atom stereocenters. The summed E-state index contributed by atoms with van der Waals surface area (Å²) in [6.45, 7) is 7.14. The zero-order valence-corrected chi connectivity index (χ0v) is 13.3. The Bertz CT molecular complexity index is 719. The lowest BCUT2D eigenvalue weighted by Gasteiger charge is -2.09. The van der Waals surface area contributed by atoms with E-state index in [9.17, 15) is 9.59 Å². The lowest BCUT2D eigenvalue weighted by atomic mass is 10.1. The predicted molar refractivity (Wildman–Crippen MR) is 89.2 cm³/mol. The van der Waals surface area contributed by atoms with Gasteiger partial charge in [-0.3, -0.25) is 4.79 Å². The number of hydrogen-bond acceptors (Lipinski definition) is 2. The highest BCUT2D eigenvalue weighted by atomic mass is 16.2. The van der Waals surface area contributed by atoms with E-state index in [4.69, 9.17) is 0 Å². The zero-order chi connectivity index (χ0) is 16.1. The SMILES string of the molecule is Cc1ccc2cc(CCNC(=O)NCC(C)C)c(=O)[nH]c2c1. The van der Waals surface area contributed by atoms with Crippen molar-refractivity contribution in [2.24, 2.45) is 5.92 Å². The molecule has 2 rings (SSSR count). The van der Waals surface area contributed by atoms with E-state index in [2.05, 4.69) is 15.6 Å². The summed E-state index contributed by atoms with van der Waals surface area (Å²) >= 11 is 0. The van der Waals surface area contributed by atoms with Crippen molar-refractivity contribution in [2.75, 3.05) is 13.1 Å². The van der Waals surface area contributed by atoms with E-state index in [0.717, 1.165) is 16.5 Å². The Labute approximate surface area is 130 Å². The number of fused-ring (bicyclic) bond motifs is 1. The number of carbonyl (C=O) groups excluding carboxylic acids is 1. The number of aryl methyl sites for hydroxylation is 1. The van der Waals surface area contributed by atoms with Gasteiger partial charge in [0.2, 0.25) is 0 Å². The van der Waals surface area contributed by atoms with Crippen LogP contribution in [0.5, 0.6) is 0 Å². The Morgan fingerprint density at radius 1 is 1.23 bits per heavy atom. The van der Waals surface area contributed by atoms with Crippen LogP contribution >= 0.6 is 0 Å². The topological polar surface area (TPSA) is 74.0 Å². The van der Waals surface area contributed by atoms with E-state index in [0.29, 0.717) is 31.0 Å². The summed E-state index contributed by atoms with van der Waals surface area (Å²) < 4.78 is 0. The fourth-order valence-electron chi connectivity index (χ4n) is 2.22. The van der Waals surface area contributed by atoms with Gasteiger partial charge in [0.15, 0.2) is 0 Å². The summed E-state index contributed by atoms with van der Waals surface area (Å²) in [6.07, 6.45) is 0.508. The van der Waals surface area contributed by atoms with Crippen molar-refractivity contribution in [3.63, 3.8) is 0 Å². The van der Waals surface area contributed by atoms with Crippen molar-refractivity contribution in [1.29, 1.82) is 0 Å². The monoisotopic (exact) mass is 301 g/mol. The van der Waals surface area contributed by atoms with Gasteiger partial charge in [-0.2, -0.15) is 0 Å². The average Bonchev–Trinajstić information content (AvgIpc) is 2.45. The molecule has 0 saturated heterocycles. The highest BCUT2D eigenvalue weighted by molar-refractivity contribution is 5.79. The van der Waals surface area contributed by atoms with Gasteiger partial charge in [0.05, 0.1) is 0 Å². The molecule has 1 aromatic heterocycles. The predicted octanol–water partition coefficient (Wildman–Crippen LogP) is 2.33. The summed E-state index contributed by atoms with van der Waals surface area (Å²) in [6, 6.07) is 7.66. The Hall–Kier alpha value is -2.30. The molecule has 0 radical (unpaired) electrons. The van der Waals surface area contributed by atoms with Crippen LogP contribution < -0.4 is 16.2 Å². The Balaban J connectivity index is 1.97. The third-order valence-corrected chi connectivity index (χ3v) is 3.43. The molecule has 118 valence electrons. The van der Waals surface area contributed by atoms with Crippen molar-refractivity contribution in [2.45, 2.75) is 27.2 Å². The molecule has 1 heterocycles. The number of urea groups is 1. The largest absolute Gasteiger partial charge is 0.338 e. The Morgan fingerprint density at radius 2 is 2.00 bits per heavy atom. The summed E-state index contributed by atoms with van der Waals surface area (Å²) in [7, 11) is 0. The van der Waals surface area contributed by atoms with Crippen LogP contribution in [0.2, 0.25) is 0 Å². The van der Waals surface area contributed by atoms with Gasteiger partial charge in [-0.1, -0.05) is 26.0 Å². The summed E-state index contributed by atoms with van der Waals surface area (Å²) in [5.74, 6) is 0.414. The van der Waals surface area contributed by atoms with Crippen LogP contribution in [0.15, 0.2) is 29.1 Å². The highest BCUT2D eigenvalue weighted by Gasteiger charge is 2.05. The minimum absolute atomic E-state index is 0.0949. The quantitative estimate of drug-likeness (QED) is 0.793. The van der Waals surface area contributed by atoms with Crippen LogP contribution in [0, 0.1) is 12.8 Å². The molecule has 5 nitrogen and oxygen atoms in total. The first kappa shape index (κ1) is 16.1. The molecular formula is C17H23N3O2. The van der Waals surface area contributed by atoms with Gasteiger partial charge >= 0.3 is 6.03 Å². The van der Waals surface area contributed by atoms with Crippen LogP contribution in [-0.2, 0) is 6.42 Å². The zero-order valence-electron chi connectivity index (χ0n) is 13.3. The van der Waals surface area contributed by atoms with Gasteiger partial charge in [-0.25, -0.2) is 4.79 Å². The molecule has 2 aromatic rings. The van der Waals surface area contributed by atoms with Crippen LogP contribution in [0.4, 0.5) is 4.79 Å². The Kier molecular flexibility index (Phi) is 5.20. The van der Waals surface area contributed by atoms with Gasteiger partial charge in [0.1, 0.15) is 0 Å². The van der Waals surface area contributed by atoms with Gasteiger partial charge < -0.3 is 15.6 Å². The van der Waals surface area contributed by atoms with Crippen molar-refractivity contribution < 1.29 is 4.79 Å². The third-order valence-electron chi connectivity index (χ3n) is 3.43. The molecule has 3 N–H and O–H groups in total. The number of aromatic amines is 1. The standard InChI is InChI=1S/C17H23N3O2/c1-11(2)10-19-17(22)18-7-6-14-9-13-5-4-12(3)8-15(13)20-16(14)21/h4-5,8-9,11H,6-7,10H2,1-3H3,(H,20,21)(H2,18,19,22). The Morgan fingerprint density at radius 3 is 2.73 bits per heavy atom. The first-order chi connectivity index (χ1) is 10.5. The highest BCUT2D eigenvalue weighted by Crippen LogP contribution is 2.13. The fraction of sp³-hybridized carbons (Fsp3) is 0.412. The normalized spacial score (nSPS) is 10.9. The van der Waals surface area contributed by atoms with E-state index in [1.165, 1.54) is 0 Å². The van der Waals surface area contributed by atoms with Gasteiger partial charge in [-0.05, 0) is 42.3 Å². The van der Waals surface area contributed by atoms with Crippen LogP contribution in [-0.4, -0.2) is 24.1 Å². The number of rotatable bonds is 5. The maximum absolute atomic E-state index is 12.1. The van der Waals surface area contributed by atoms with Gasteiger partial charge in [0, 0.05) is 24.2 Å². The minimum atomic E-state index is -0.193. The maximum atomic E-state index is 12.1. The second kappa shape index (κ2) is 7.11. The number of nitrogens with one attached hydrogen (secondary N) is 3. The molecule has 2 amide bonds. The van der Waals surface area contributed by atoms with E-state index >= 15 is 0 Å². The van der Waals surface area contributed by atoms with Crippen LogP contribution in [0.3, 0.4) is 0 Å². The van der Waals surface area contributed by atoms with Crippen LogP contribution in [0.25, 0.3) is 10.9 Å². The van der Waals surface area contributed by atoms with Crippen molar-refractivity contribution in [3.8, 4) is 0 Å². The second-order valence-electron chi connectivity index (χ2n) is 6.00. The molecule has 0 aliphatic carbocycles. The lowest BCUT2D eigenvalue weighted by molar-refractivity contribution is 0.239. The maximum Gasteiger partial charge on any atom is 0.314 e. The van der Waals surface area contributed by atoms with E-state index in [1.807, 2.05) is 45.0 Å². The number of hydrogen-bond donors (Lipinski definition) is 3.